The average molecular weight is 210 g/mol. The van der Waals surface area contributed by atoms with E-state index in [1.165, 1.54) is 7.11 Å². The number of hydrogen-bond donors (Lipinski definition) is 0. The number of hydrogen-bond acceptors (Lipinski definition) is 3. The molecule has 0 aromatic heterocycles. The topological polar surface area (TPSA) is 43.4 Å². The van der Waals surface area contributed by atoms with Crippen molar-refractivity contribution < 1.29 is 14.3 Å². The van der Waals surface area contributed by atoms with Crippen LogP contribution < -0.4 is 0 Å². The van der Waals surface area contributed by atoms with E-state index < -0.39 is 0 Å². The summed E-state index contributed by atoms with van der Waals surface area (Å²) in [6.07, 6.45) is 2.02. The Morgan fingerprint density at radius 3 is 2.60 bits per heavy atom. The SMILES string of the molecule is COC(=O)[C@@H]1C(C)=CC(=O)C[C@H]1C(C)C. The smallest absolute Gasteiger partial charge is 0.313 e. The van der Waals surface area contributed by atoms with Gasteiger partial charge < -0.3 is 4.74 Å². The molecule has 0 radical (unpaired) electrons. The van der Waals surface area contributed by atoms with Gasteiger partial charge in [0.15, 0.2) is 5.78 Å². The fourth-order valence-corrected chi connectivity index (χ4v) is 2.20. The maximum Gasteiger partial charge on any atom is 0.313 e. The zero-order valence-electron chi connectivity index (χ0n) is 9.74. The van der Waals surface area contributed by atoms with E-state index in [0.717, 1.165) is 5.57 Å². The van der Waals surface area contributed by atoms with Crippen LogP contribution in [0.2, 0.25) is 0 Å². The highest BCUT2D eigenvalue weighted by Gasteiger charge is 2.36. The highest BCUT2D eigenvalue weighted by atomic mass is 16.5. The molecule has 0 aliphatic heterocycles. The third-order valence-electron chi connectivity index (χ3n) is 3.06. The summed E-state index contributed by atoms with van der Waals surface area (Å²) in [6, 6.07) is 0. The van der Waals surface area contributed by atoms with E-state index in [4.69, 9.17) is 4.74 Å². The number of rotatable bonds is 2. The number of carbonyl (C=O) groups excluding carboxylic acids is 2. The quantitative estimate of drug-likeness (QED) is 0.654. The molecular weight excluding hydrogens is 192 g/mol. The fourth-order valence-electron chi connectivity index (χ4n) is 2.20. The van der Waals surface area contributed by atoms with Crippen LogP contribution in [0.25, 0.3) is 0 Å². The van der Waals surface area contributed by atoms with Crippen molar-refractivity contribution in [3.05, 3.63) is 11.6 Å². The second-order valence-electron chi connectivity index (χ2n) is 4.47. The second kappa shape index (κ2) is 4.60. The van der Waals surface area contributed by atoms with Crippen LogP contribution in [0.4, 0.5) is 0 Å². The van der Waals surface area contributed by atoms with E-state index in [9.17, 15) is 9.59 Å². The lowest BCUT2D eigenvalue weighted by Crippen LogP contribution is -2.34. The van der Waals surface area contributed by atoms with Gasteiger partial charge >= 0.3 is 5.97 Å². The molecule has 1 aliphatic carbocycles. The first kappa shape index (κ1) is 12.0. The molecule has 0 saturated carbocycles. The van der Waals surface area contributed by atoms with Crippen LogP contribution in [-0.4, -0.2) is 18.9 Å². The van der Waals surface area contributed by atoms with Gasteiger partial charge in [0, 0.05) is 6.42 Å². The molecule has 84 valence electrons. The predicted octanol–water partition coefficient (Wildman–Crippen LogP) is 1.97. The Hall–Kier alpha value is -1.12. The van der Waals surface area contributed by atoms with Crippen LogP contribution in [0, 0.1) is 17.8 Å². The predicted molar refractivity (Wildman–Crippen MR) is 57.2 cm³/mol. The zero-order valence-corrected chi connectivity index (χ0v) is 9.74. The van der Waals surface area contributed by atoms with Crippen molar-refractivity contribution in [3.8, 4) is 0 Å². The number of esters is 1. The monoisotopic (exact) mass is 210 g/mol. The van der Waals surface area contributed by atoms with Crippen molar-refractivity contribution >= 4 is 11.8 Å². The van der Waals surface area contributed by atoms with Crippen LogP contribution in [0.15, 0.2) is 11.6 Å². The highest BCUT2D eigenvalue weighted by Crippen LogP contribution is 2.34. The van der Waals surface area contributed by atoms with Crippen molar-refractivity contribution in [2.75, 3.05) is 7.11 Å². The molecule has 2 atom stereocenters. The van der Waals surface area contributed by atoms with Crippen molar-refractivity contribution in [2.45, 2.75) is 27.2 Å². The summed E-state index contributed by atoms with van der Waals surface area (Å²) >= 11 is 0. The molecule has 15 heavy (non-hydrogen) atoms. The van der Waals surface area contributed by atoms with Crippen LogP contribution in [0.3, 0.4) is 0 Å². The van der Waals surface area contributed by atoms with Crippen molar-refractivity contribution in [2.24, 2.45) is 17.8 Å². The van der Waals surface area contributed by atoms with Gasteiger partial charge in [0.1, 0.15) is 0 Å². The van der Waals surface area contributed by atoms with Crippen molar-refractivity contribution in [1.82, 2.24) is 0 Å². The van der Waals surface area contributed by atoms with Gasteiger partial charge in [0.2, 0.25) is 0 Å². The van der Waals surface area contributed by atoms with Crippen LogP contribution >= 0.6 is 0 Å². The Kier molecular flexibility index (Phi) is 3.66. The van der Waals surface area contributed by atoms with E-state index in [1.807, 2.05) is 20.8 Å². The van der Waals surface area contributed by atoms with Crippen LogP contribution in [-0.2, 0) is 14.3 Å². The number of ether oxygens (including phenoxy) is 1. The first-order chi connectivity index (χ1) is 6.97. The summed E-state index contributed by atoms with van der Waals surface area (Å²) in [7, 11) is 1.39. The Morgan fingerprint density at radius 2 is 2.13 bits per heavy atom. The molecule has 0 spiro atoms. The summed E-state index contributed by atoms with van der Waals surface area (Å²) in [5.74, 6) is 0.0330. The number of ketones is 1. The minimum Gasteiger partial charge on any atom is -0.469 e. The summed E-state index contributed by atoms with van der Waals surface area (Å²) in [5.41, 5.74) is 0.830. The Balaban J connectivity index is 3.00. The Morgan fingerprint density at radius 1 is 1.53 bits per heavy atom. The maximum atomic E-state index is 11.6. The van der Waals surface area contributed by atoms with E-state index in [-0.39, 0.29) is 23.6 Å². The Labute approximate surface area is 90.5 Å². The van der Waals surface area contributed by atoms with Gasteiger partial charge in [-0.3, -0.25) is 9.59 Å². The molecule has 0 bridgehead atoms. The van der Waals surface area contributed by atoms with Crippen molar-refractivity contribution in [1.29, 1.82) is 0 Å². The zero-order chi connectivity index (χ0) is 11.6. The molecule has 0 saturated heterocycles. The molecular formula is C12H18O3. The van der Waals surface area contributed by atoms with Gasteiger partial charge in [-0.1, -0.05) is 19.4 Å². The minimum absolute atomic E-state index is 0.0787. The van der Waals surface area contributed by atoms with Gasteiger partial charge in [-0.25, -0.2) is 0 Å². The molecule has 3 heteroatoms. The normalized spacial score (nSPS) is 26.5. The average Bonchev–Trinajstić information content (AvgIpc) is 2.15. The molecule has 0 aromatic rings. The van der Waals surface area contributed by atoms with Crippen LogP contribution in [0.5, 0.6) is 0 Å². The van der Waals surface area contributed by atoms with E-state index >= 15 is 0 Å². The van der Waals surface area contributed by atoms with E-state index in [1.54, 1.807) is 6.08 Å². The molecule has 0 aromatic carbocycles. The van der Waals surface area contributed by atoms with Gasteiger partial charge in [-0.2, -0.15) is 0 Å². The minimum atomic E-state index is -0.243. The first-order valence-corrected chi connectivity index (χ1v) is 5.26. The molecule has 0 amide bonds. The summed E-state index contributed by atoms with van der Waals surface area (Å²) in [5, 5.41) is 0. The van der Waals surface area contributed by atoms with Gasteiger partial charge in [0.05, 0.1) is 13.0 Å². The lowest BCUT2D eigenvalue weighted by Gasteiger charge is -2.31. The summed E-state index contributed by atoms with van der Waals surface area (Å²) in [6.45, 7) is 5.90. The lowest BCUT2D eigenvalue weighted by atomic mass is 9.73. The lowest BCUT2D eigenvalue weighted by molar-refractivity contribution is -0.147. The number of allylic oxidation sites excluding steroid dienone is 1. The molecule has 0 N–H and O–H groups in total. The molecule has 3 nitrogen and oxygen atoms in total. The third-order valence-corrected chi connectivity index (χ3v) is 3.06. The molecule has 0 fully saturated rings. The second-order valence-corrected chi connectivity index (χ2v) is 4.47. The summed E-state index contributed by atoms with van der Waals surface area (Å²) in [4.78, 5) is 23.0. The number of methoxy groups -OCH3 is 1. The maximum absolute atomic E-state index is 11.6. The standard InChI is InChI=1S/C12H18O3/c1-7(2)10-6-9(13)5-8(3)11(10)12(14)15-4/h5,7,10-11H,6H2,1-4H3/t10-,11+/m0/s1. The van der Waals surface area contributed by atoms with Gasteiger partial charge in [-0.15, -0.1) is 0 Å². The van der Waals surface area contributed by atoms with Crippen LogP contribution in [0.1, 0.15) is 27.2 Å². The first-order valence-electron chi connectivity index (χ1n) is 5.26. The molecule has 1 rings (SSSR count). The van der Waals surface area contributed by atoms with E-state index in [2.05, 4.69) is 0 Å². The van der Waals surface area contributed by atoms with E-state index in [0.29, 0.717) is 12.3 Å². The largest absolute Gasteiger partial charge is 0.469 e. The molecule has 0 unspecified atom stereocenters. The summed E-state index contributed by atoms with van der Waals surface area (Å²) < 4.78 is 4.78. The Bertz CT molecular complexity index is 302. The highest BCUT2D eigenvalue weighted by molar-refractivity contribution is 5.94. The fraction of sp³-hybridized carbons (Fsp3) is 0.667. The third kappa shape index (κ3) is 2.46. The molecule has 1 aliphatic rings. The van der Waals surface area contributed by atoms with Crippen molar-refractivity contribution in [3.63, 3.8) is 0 Å². The van der Waals surface area contributed by atoms with Gasteiger partial charge in [0.25, 0.3) is 0 Å². The molecule has 0 heterocycles. The van der Waals surface area contributed by atoms with Gasteiger partial charge in [-0.05, 0) is 24.8 Å². The number of carbonyl (C=O) groups is 2.